The molecule has 4 rings (SSSR count). The molecule has 1 amide bonds. The van der Waals surface area contributed by atoms with Gasteiger partial charge in [-0.3, -0.25) is 9.78 Å². The highest BCUT2D eigenvalue weighted by atomic mass is 16.1. The normalized spacial score (nSPS) is 15.0. The van der Waals surface area contributed by atoms with Crippen LogP contribution in [0.25, 0.3) is 22.3 Å². The molecule has 0 saturated heterocycles. The summed E-state index contributed by atoms with van der Waals surface area (Å²) in [5.41, 5.74) is 4.26. The molecule has 1 saturated carbocycles. The Labute approximate surface area is 166 Å². The second-order valence-corrected chi connectivity index (χ2v) is 7.71. The maximum atomic E-state index is 12.4. The minimum Gasteiger partial charge on any atom is -0.356 e. The van der Waals surface area contributed by atoms with E-state index in [1.165, 1.54) is 19.3 Å². The number of nitrogens with zero attached hydrogens (tertiary/aromatic N) is 3. The van der Waals surface area contributed by atoms with Gasteiger partial charge in [0.25, 0.3) is 0 Å². The molecule has 1 fully saturated rings. The lowest BCUT2D eigenvalue weighted by molar-refractivity contribution is -0.125. The third-order valence-corrected chi connectivity index (χ3v) is 5.77. The van der Waals surface area contributed by atoms with Gasteiger partial charge in [-0.05, 0) is 56.5 Å². The van der Waals surface area contributed by atoms with Crippen LogP contribution < -0.4 is 5.32 Å². The van der Waals surface area contributed by atoms with Crippen molar-refractivity contribution in [3.8, 4) is 11.3 Å². The molecule has 0 bridgehead atoms. The average Bonchev–Trinajstić information content (AvgIpc) is 3.10. The van der Waals surface area contributed by atoms with Crippen molar-refractivity contribution < 1.29 is 4.79 Å². The van der Waals surface area contributed by atoms with E-state index in [4.69, 9.17) is 0 Å². The van der Waals surface area contributed by atoms with Crippen molar-refractivity contribution in [3.05, 3.63) is 48.4 Å². The summed E-state index contributed by atoms with van der Waals surface area (Å²) in [5.74, 6) is 0.454. The Hall–Kier alpha value is -2.69. The largest absolute Gasteiger partial charge is 0.356 e. The van der Waals surface area contributed by atoms with Crippen molar-refractivity contribution in [2.75, 3.05) is 6.54 Å². The zero-order valence-corrected chi connectivity index (χ0v) is 16.5. The summed E-state index contributed by atoms with van der Waals surface area (Å²) in [6.45, 7) is 3.55. The van der Waals surface area contributed by atoms with Crippen molar-refractivity contribution >= 4 is 16.9 Å². The van der Waals surface area contributed by atoms with Gasteiger partial charge in [0.15, 0.2) is 0 Å². The average molecular weight is 377 g/mol. The first-order chi connectivity index (χ1) is 13.7. The molecule has 3 aromatic heterocycles. The molecule has 1 aliphatic carbocycles. The Kier molecular flexibility index (Phi) is 5.70. The number of aryl methyl sites for hydroxylation is 2. The Morgan fingerprint density at radius 2 is 1.93 bits per heavy atom. The third-order valence-electron chi connectivity index (χ3n) is 5.77. The predicted octanol–water partition coefficient (Wildman–Crippen LogP) is 4.49. The van der Waals surface area contributed by atoms with Gasteiger partial charge in [0.2, 0.25) is 5.91 Å². The Balaban J connectivity index is 1.48. The molecule has 0 aromatic carbocycles. The van der Waals surface area contributed by atoms with Crippen molar-refractivity contribution in [3.63, 3.8) is 0 Å². The number of aromatic nitrogens is 3. The van der Waals surface area contributed by atoms with Crippen LogP contribution in [0.5, 0.6) is 0 Å². The van der Waals surface area contributed by atoms with Crippen LogP contribution in [0.15, 0.2) is 42.7 Å². The molecule has 1 N–H and O–H groups in total. The summed E-state index contributed by atoms with van der Waals surface area (Å²) in [6.07, 6.45) is 10.3. The fourth-order valence-electron chi connectivity index (χ4n) is 4.25. The first-order valence-electron chi connectivity index (χ1n) is 10.4. The van der Waals surface area contributed by atoms with Crippen LogP contribution in [0, 0.1) is 12.8 Å². The van der Waals surface area contributed by atoms with E-state index in [9.17, 15) is 4.79 Å². The van der Waals surface area contributed by atoms with Crippen LogP contribution >= 0.6 is 0 Å². The molecule has 0 atom stereocenters. The summed E-state index contributed by atoms with van der Waals surface area (Å²) in [4.78, 5) is 21.4. The number of nitrogens with one attached hydrogen (secondary N) is 1. The van der Waals surface area contributed by atoms with E-state index in [-0.39, 0.29) is 11.8 Å². The van der Waals surface area contributed by atoms with E-state index in [1.54, 1.807) is 0 Å². The first-order valence-corrected chi connectivity index (χ1v) is 10.4. The highest BCUT2D eigenvalue weighted by Crippen LogP contribution is 2.29. The number of carbonyl (C=O) groups excluding carboxylic acids is 1. The number of amides is 1. The summed E-state index contributed by atoms with van der Waals surface area (Å²) < 4.78 is 2.26. The van der Waals surface area contributed by atoms with Gasteiger partial charge in [-0.15, -0.1) is 0 Å². The van der Waals surface area contributed by atoms with E-state index < -0.39 is 0 Å². The monoisotopic (exact) mass is 376 g/mol. The summed E-state index contributed by atoms with van der Waals surface area (Å²) in [5, 5.41) is 4.28. The van der Waals surface area contributed by atoms with Gasteiger partial charge in [0.05, 0.1) is 5.69 Å². The Bertz CT molecular complexity index is 956. The smallest absolute Gasteiger partial charge is 0.223 e. The van der Waals surface area contributed by atoms with E-state index in [0.29, 0.717) is 6.54 Å². The van der Waals surface area contributed by atoms with Crippen molar-refractivity contribution in [1.29, 1.82) is 0 Å². The highest BCUT2D eigenvalue weighted by Gasteiger charge is 2.20. The van der Waals surface area contributed by atoms with Crippen molar-refractivity contribution in [2.45, 2.75) is 52.0 Å². The van der Waals surface area contributed by atoms with Gasteiger partial charge in [-0.25, -0.2) is 4.98 Å². The number of pyridine rings is 2. The Morgan fingerprint density at radius 3 is 2.75 bits per heavy atom. The maximum absolute atomic E-state index is 12.4. The minimum atomic E-state index is 0.219. The predicted molar refractivity (Wildman–Crippen MR) is 112 cm³/mol. The molecule has 28 heavy (non-hydrogen) atoms. The van der Waals surface area contributed by atoms with E-state index in [0.717, 1.165) is 53.8 Å². The number of fused-ring (bicyclic) bond motifs is 1. The van der Waals surface area contributed by atoms with Crippen LogP contribution in [-0.2, 0) is 11.3 Å². The van der Waals surface area contributed by atoms with Crippen LogP contribution in [0.3, 0.4) is 0 Å². The zero-order chi connectivity index (χ0) is 19.3. The second-order valence-electron chi connectivity index (χ2n) is 7.71. The van der Waals surface area contributed by atoms with Gasteiger partial charge in [0.1, 0.15) is 5.65 Å². The van der Waals surface area contributed by atoms with Crippen LogP contribution in [0.4, 0.5) is 0 Å². The van der Waals surface area contributed by atoms with Gasteiger partial charge in [0, 0.05) is 48.0 Å². The molecule has 0 unspecified atom stereocenters. The molecule has 3 aromatic rings. The lowest BCUT2D eigenvalue weighted by Crippen LogP contribution is -2.32. The van der Waals surface area contributed by atoms with Crippen LogP contribution in [-0.4, -0.2) is 27.0 Å². The number of hydrogen-bond donors (Lipinski definition) is 1. The zero-order valence-electron chi connectivity index (χ0n) is 16.5. The quantitative estimate of drug-likeness (QED) is 0.645. The lowest BCUT2D eigenvalue weighted by atomic mass is 9.89. The van der Waals surface area contributed by atoms with Crippen molar-refractivity contribution in [1.82, 2.24) is 19.9 Å². The van der Waals surface area contributed by atoms with E-state index >= 15 is 0 Å². The molecule has 146 valence electrons. The highest BCUT2D eigenvalue weighted by molar-refractivity contribution is 5.84. The molecule has 1 aliphatic rings. The van der Waals surface area contributed by atoms with E-state index in [2.05, 4.69) is 38.1 Å². The second kappa shape index (κ2) is 8.55. The fraction of sp³-hybridized carbons (Fsp3) is 0.435. The lowest BCUT2D eigenvalue weighted by Gasteiger charge is -2.20. The van der Waals surface area contributed by atoms with Gasteiger partial charge >= 0.3 is 0 Å². The van der Waals surface area contributed by atoms with Crippen LogP contribution in [0.1, 0.15) is 44.2 Å². The standard InChI is InChI=1S/C23H28N4O/c1-17-20(11-6-12-24-17)21-16-19-10-5-13-25-22(19)27(21)15-7-14-26-23(28)18-8-3-2-4-9-18/h5-6,10-13,16,18H,2-4,7-9,14-15H2,1H3,(H,26,28). The van der Waals surface area contributed by atoms with Crippen molar-refractivity contribution in [2.24, 2.45) is 5.92 Å². The van der Waals surface area contributed by atoms with Gasteiger partial charge in [-0.1, -0.05) is 19.3 Å². The summed E-state index contributed by atoms with van der Waals surface area (Å²) in [7, 11) is 0. The Morgan fingerprint density at radius 1 is 1.14 bits per heavy atom. The molecule has 0 radical (unpaired) electrons. The molecule has 0 aliphatic heterocycles. The molecule has 5 heteroatoms. The molecule has 5 nitrogen and oxygen atoms in total. The maximum Gasteiger partial charge on any atom is 0.223 e. The molecular formula is C23H28N4O. The topological polar surface area (TPSA) is 59.8 Å². The van der Waals surface area contributed by atoms with Gasteiger partial charge in [-0.2, -0.15) is 0 Å². The number of rotatable bonds is 6. The van der Waals surface area contributed by atoms with Crippen LogP contribution in [0.2, 0.25) is 0 Å². The molecule has 0 spiro atoms. The van der Waals surface area contributed by atoms with Gasteiger partial charge < -0.3 is 9.88 Å². The summed E-state index contributed by atoms with van der Waals surface area (Å²) in [6, 6.07) is 10.3. The SMILES string of the molecule is Cc1ncccc1-c1cc2cccnc2n1CCCNC(=O)C1CCCCC1. The minimum absolute atomic E-state index is 0.219. The summed E-state index contributed by atoms with van der Waals surface area (Å²) >= 11 is 0. The third kappa shape index (κ3) is 3.93. The number of carbonyl (C=O) groups is 1. The van der Waals surface area contributed by atoms with E-state index in [1.807, 2.05) is 31.5 Å². The molecule has 3 heterocycles. The number of hydrogen-bond acceptors (Lipinski definition) is 3. The fourth-order valence-corrected chi connectivity index (χ4v) is 4.25. The first kappa shape index (κ1) is 18.7. The molecular weight excluding hydrogens is 348 g/mol.